The predicted molar refractivity (Wildman–Crippen MR) is 128 cm³/mol. The number of rotatable bonds is 10. The molecule has 2 amide bonds. The van der Waals surface area contributed by atoms with E-state index in [2.05, 4.69) is 5.32 Å². The van der Waals surface area contributed by atoms with Crippen molar-refractivity contribution < 1.29 is 18.0 Å². The fraction of sp³-hybridized carbons (Fsp3) is 0.417. The van der Waals surface area contributed by atoms with Gasteiger partial charge in [0.15, 0.2) is 0 Å². The lowest BCUT2D eigenvalue weighted by atomic mass is 10.1. The first kappa shape index (κ1) is 25.4. The van der Waals surface area contributed by atoms with E-state index in [4.69, 9.17) is 0 Å². The molecule has 0 aliphatic carbocycles. The van der Waals surface area contributed by atoms with Gasteiger partial charge in [-0.1, -0.05) is 42.5 Å². The Kier molecular flexibility index (Phi) is 8.83. The maximum absolute atomic E-state index is 13.4. The van der Waals surface area contributed by atoms with Crippen LogP contribution in [0, 0.1) is 13.8 Å². The van der Waals surface area contributed by atoms with Gasteiger partial charge < -0.3 is 10.2 Å². The van der Waals surface area contributed by atoms with E-state index in [1.54, 1.807) is 13.0 Å². The molecule has 8 heteroatoms. The van der Waals surface area contributed by atoms with E-state index < -0.39 is 22.0 Å². The van der Waals surface area contributed by atoms with Crippen molar-refractivity contribution in [1.29, 1.82) is 0 Å². The topological polar surface area (TPSA) is 86.8 Å². The molecule has 1 N–H and O–H groups in total. The molecule has 2 rings (SSSR count). The molecule has 0 aromatic heterocycles. The fourth-order valence-electron chi connectivity index (χ4n) is 3.47. The van der Waals surface area contributed by atoms with E-state index in [1.165, 1.54) is 4.90 Å². The minimum atomic E-state index is -3.72. The monoisotopic (exact) mass is 459 g/mol. The Morgan fingerprint density at radius 1 is 1.06 bits per heavy atom. The molecule has 0 saturated carbocycles. The van der Waals surface area contributed by atoms with Gasteiger partial charge in [-0.15, -0.1) is 0 Å². The lowest BCUT2D eigenvalue weighted by Gasteiger charge is -2.32. The van der Waals surface area contributed by atoms with E-state index in [1.807, 2.05) is 63.2 Å². The third-order valence-electron chi connectivity index (χ3n) is 5.32. The highest BCUT2D eigenvalue weighted by atomic mass is 32.2. The highest BCUT2D eigenvalue weighted by Crippen LogP contribution is 2.24. The number of aryl methyl sites for hydroxylation is 2. The summed E-state index contributed by atoms with van der Waals surface area (Å²) in [6.07, 6.45) is 1.64. The molecule has 174 valence electrons. The number of amides is 2. The highest BCUT2D eigenvalue weighted by molar-refractivity contribution is 7.92. The van der Waals surface area contributed by atoms with Crippen LogP contribution in [0.25, 0.3) is 0 Å². The lowest BCUT2D eigenvalue weighted by Crippen LogP contribution is -2.52. The van der Waals surface area contributed by atoms with Gasteiger partial charge in [0.2, 0.25) is 21.8 Å². The van der Waals surface area contributed by atoms with Gasteiger partial charge in [0.25, 0.3) is 0 Å². The van der Waals surface area contributed by atoms with Gasteiger partial charge in [-0.3, -0.25) is 13.9 Å². The van der Waals surface area contributed by atoms with Crippen molar-refractivity contribution in [1.82, 2.24) is 10.2 Å². The van der Waals surface area contributed by atoms with Gasteiger partial charge in [0.05, 0.1) is 11.9 Å². The maximum Gasteiger partial charge on any atom is 0.244 e. The minimum absolute atomic E-state index is 0.272. The fourth-order valence-corrected chi connectivity index (χ4v) is 4.37. The Bertz CT molecular complexity index is 1040. The summed E-state index contributed by atoms with van der Waals surface area (Å²) in [4.78, 5) is 27.4. The van der Waals surface area contributed by atoms with Gasteiger partial charge in [0, 0.05) is 13.1 Å². The van der Waals surface area contributed by atoms with Gasteiger partial charge in [-0.25, -0.2) is 8.42 Å². The zero-order chi connectivity index (χ0) is 23.9. The summed E-state index contributed by atoms with van der Waals surface area (Å²) < 4.78 is 26.4. The van der Waals surface area contributed by atoms with Crippen molar-refractivity contribution in [3.05, 3.63) is 65.2 Å². The summed E-state index contributed by atoms with van der Waals surface area (Å²) in [6.45, 7) is 7.52. The number of nitrogens with one attached hydrogen (secondary N) is 1. The second-order valence-corrected chi connectivity index (χ2v) is 9.86. The molecular weight excluding hydrogens is 426 g/mol. The van der Waals surface area contributed by atoms with Crippen LogP contribution in [0.2, 0.25) is 0 Å². The van der Waals surface area contributed by atoms with Gasteiger partial charge in [0.1, 0.15) is 12.6 Å². The molecule has 0 unspecified atom stereocenters. The van der Waals surface area contributed by atoms with E-state index in [0.717, 1.165) is 27.3 Å². The summed E-state index contributed by atoms with van der Waals surface area (Å²) in [7, 11) is -3.72. The SMILES string of the molecule is CCNC(=O)[C@H](C)N(CCc1ccccc1)C(=O)CN(c1cc(C)ccc1C)S(C)(=O)=O. The number of benzene rings is 2. The zero-order valence-electron chi connectivity index (χ0n) is 19.5. The number of anilines is 1. The largest absolute Gasteiger partial charge is 0.355 e. The smallest absolute Gasteiger partial charge is 0.244 e. The standard InChI is InChI=1S/C24H33N3O4S/c1-6-25-24(29)20(4)26(15-14-21-10-8-7-9-11-21)23(28)17-27(32(5,30)31)22-16-18(2)12-13-19(22)3/h7-13,16,20H,6,14-15,17H2,1-5H3,(H,25,29)/t20-/m0/s1. The summed E-state index contributed by atoms with van der Waals surface area (Å²) >= 11 is 0. The lowest BCUT2D eigenvalue weighted by molar-refractivity contribution is -0.138. The first-order valence-corrected chi connectivity index (χ1v) is 12.6. The van der Waals surface area contributed by atoms with Crippen molar-refractivity contribution in [3.8, 4) is 0 Å². The normalized spacial score (nSPS) is 12.2. The molecule has 0 bridgehead atoms. The molecule has 0 fully saturated rings. The van der Waals surface area contributed by atoms with Crippen molar-refractivity contribution in [2.45, 2.75) is 40.2 Å². The molecule has 2 aromatic carbocycles. The Labute approximate surface area is 191 Å². The molecule has 0 heterocycles. The van der Waals surface area contributed by atoms with E-state index in [-0.39, 0.29) is 12.5 Å². The number of hydrogen-bond donors (Lipinski definition) is 1. The highest BCUT2D eigenvalue weighted by Gasteiger charge is 2.30. The summed E-state index contributed by atoms with van der Waals surface area (Å²) in [5.74, 6) is -0.697. The molecule has 32 heavy (non-hydrogen) atoms. The summed E-state index contributed by atoms with van der Waals surface area (Å²) in [5.41, 5.74) is 3.14. The number of carbonyl (C=O) groups is 2. The summed E-state index contributed by atoms with van der Waals surface area (Å²) in [6, 6.07) is 14.4. The van der Waals surface area contributed by atoms with Crippen LogP contribution < -0.4 is 9.62 Å². The van der Waals surface area contributed by atoms with Crippen molar-refractivity contribution in [2.75, 3.05) is 30.2 Å². The van der Waals surface area contributed by atoms with Crippen LogP contribution in [-0.2, 0) is 26.0 Å². The number of sulfonamides is 1. The Balaban J connectivity index is 2.34. The third kappa shape index (κ3) is 6.82. The number of carbonyl (C=O) groups excluding carboxylic acids is 2. The Morgan fingerprint density at radius 2 is 1.72 bits per heavy atom. The van der Waals surface area contributed by atoms with E-state index in [9.17, 15) is 18.0 Å². The van der Waals surface area contributed by atoms with Gasteiger partial charge in [-0.05, 0) is 56.9 Å². The third-order valence-corrected chi connectivity index (χ3v) is 6.44. The molecule has 2 aromatic rings. The van der Waals surface area contributed by atoms with Crippen LogP contribution in [0.4, 0.5) is 5.69 Å². The molecular formula is C24H33N3O4S. The van der Waals surface area contributed by atoms with Crippen LogP contribution in [0.15, 0.2) is 48.5 Å². The molecule has 0 spiro atoms. The van der Waals surface area contributed by atoms with Crippen LogP contribution in [0.1, 0.15) is 30.5 Å². The molecule has 1 atom stereocenters. The average molecular weight is 460 g/mol. The first-order chi connectivity index (χ1) is 15.0. The van der Waals surface area contributed by atoms with Crippen LogP contribution in [0.5, 0.6) is 0 Å². The number of nitrogens with zero attached hydrogens (tertiary/aromatic N) is 2. The van der Waals surface area contributed by atoms with Gasteiger partial charge in [-0.2, -0.15) is 0 Å². The second-order valence-electron chi connectivity index (χ2n) is 7.95. The van der Waals surface area contributed by atoms with Crippen LogP contribution >= 0.6 is 0 Å². The number of hydrogen-bond acceptors (Lipinski definition) is 4. The summed E-state index contributed by atoms with van der Waals surface area (Å²) in [5, 5.41) is 2.75. The zero-order valence-corrected chi connectivity index (χ0v) is 20.3. The van der Waals surface area contributed by atoms with Crippen molar-refractivity contribution >= 4 is 27.5 Å². The molecule has 0 radical (unpaired) electrons. The number of likely N-dealkylation sites (N-methyl/N-ethyl adjacent to an activating group) is 1. The van der Waals surface area contributed by atoms with E-state index in [0.29, 0.717) is 25.2 Å². The minimum Gasteiger partial charge on any atom is -0.355 e. The molecule has 7 nitrogen and oxygen atoms in total. The van der Waals surface area contributed by atoms with Crippen molar-refractivity contribution in [3.63, 3.8) is 0 Å². The van der Waals surface area contributed by atoms with Crippen LogP contribution in [0.3, 0.4) is 0 Å². The Hall–Kier alpha value is -2.87. The van der Waals surface area contributed by atoms with Gasteiger partial charge >= 0.3 is 0 Å². The average Bonchev–Trinajstić information content (AvgIpc) is 2.74. The second kappa shape index (κ2) is 11.1. The van der Waals surface area contributed by atoms with Crippen LogP contribution in [-0.4, -0.2) is 57.1 Å². The molecule has 0 aliphatic heterocycles. The maximum atomic E-state index is 13.4. The van der Waals surface area contributed by atoms with E-state index >= 15 is 0 Å². The first-order valence-electron chi connectivity index (χ1n) is 10.7. The molecule has 0 aliphatic rings. The quantitative estimate of drug-likeness (QED) is 0.592. The predicted octanol–water partition coefficient (Wildman–Crippen LogP) is 2.67. The van der Waals surface area contributed by atoms with Crippen molar-refractivity contribution in [2.24, 2.45) is 0 Å². The molecule has 0 saturated heterocycles. The Morgan fingerprint density at radius 3 is 2.31 bits per heavy atom.